The maximum atomic E-state index is 11.3. The van der Waals surface area contributed by atoms with Crippen LogP contribution in [0.5, 0.6) is 0 Å². The summed E-state index contributed by atoms with van der Waals surface area (Å²) in [5.41, 5.74) is 0. The first kappa shape index (κ1) is 16.8. The molecule has 0 saturated heterocycles. The Hall–Kier alpha value is -1.18. The Bertz CT molecular complexity index is 257. The van der Waals surface area contributed by atoms with Crippen molar-refractivity contribution in [1.82, 2.24) is 0 Å². The zero-order chi connectivity index (χ0) is 14.2. The minimum absolute atomic E-state index is 0.00815. The summed E-state index contributed by atoms with van der Waals surface area (Å²) in [4.78, 5) is 22.5. The van der Waals surface area contributed by atoms with Crippen LogP contribution >= 0.6 is 0 Å². The molecule has 0 aromatic carbocycles. The predicted molar refractivity (Wildman–Crippen MR) is 60.0 cm³/mol. The number of aliphatic hydroxyl groups excluding tert-OH is 2. The molecular weight excluding hydrogens is 244 g/mol. The van der Waals surface area contributed by atoms with Crippen LogP contribution in [0.2, 0.25) is 0 Å². The topological polar surface area (TPSA) is 113 Å². The van der Waals surface area contributed by atoms with E-state index < -0.39 is 30.6 Å². The second kappa shape index (κ2) is 8.02. The van der Waals surface area contributed by atoms with Gasteiger partial charge in [0.25, 0.3) is 0 Å². The van der Waals surface area contributed by atoms with Crippen LogP contribution in [0.1, 0.15) is 39.5 Å². The van der Waals surface area contributed by atoms with Gasteiger partial charge in [0.2, 0.25) is 0 Å². The molecule has 0 radical (unpaired) electrons. The molecule has 0 aliphatic carbocycles. The molecule has 0 aliphatic heterocycles. The van der Waals surface area contributed by atoms with E-state index in [1.165, 1.54) is 0 Å². The molecule has 3 N–H and O–H groups in total. The molecule has 0 fully saturated rings. The summed E-state index contributed by atoms with van der Waals surface area (Å²) in [6.07, 6.45) is -1.00. The van der Waals surface area contributed by atoms with Gasteiger partial charge in [0.15, 0.2) is 6.10 Å². The summed E-state index contributed by atoms with van der Waals surface area (Å²) in [6.45, 7) is 2.51. The van der Waals surface area contributed by atoms with E-state index in [1.54, 1.807) is 13.8 Å². The molecule has 0 saturated carbocycles. The number of ether oxygens (including phenoxy) is 2. The molecule has 0 rings (SSSR count). The van der Waals surface area contributed by atoms with Crippen LogP contribution < -0.4 is 0 Å². The third-order valence-corrected chi connectivity index (χ3v) is 2.02. The second-order valence-electron chi connectivity index (χ2n) is 3.78. The number of esters is 2. The molecule has 1 atom stereocenters. The van der Waals surface area contributed by atoms with E-state index in [0.717, 1.165) is 0 Å². The normalized spacial score (nSPS) is 12.9. The van der Waals surface area contributed by atoms with Gasteiger partial charge in [-0.3, -0.25) is 9.59 Å². The van der Waals surface area contributed by atoms with Crippen molar-refractivity contribution in [3.8, 4) is 0 Å². The van der Waals surface area contributed by atoms with E-state index in [4.69, 9.17) is 5.11 Å². The Morgan fingerprint density at radius 1 is 1.11 bits per heavy atom. The molecule has 0 amide bonds. The lowest BCUT2D eigenvalue weighted by atomic mass is 10.3. The average molecular weight is 264 g/mol. The van der Waals surface area contributed by atoms with E-state index in [2.05, 4.69) is 9.47 Å². The lowest BCUT2D eigenvalue weighted by Crippen LogP contribution is -2.51. The van der Waals surface area contributed by atoms with Crippen molar-refractivity contribution < 1.29 is 34.4 Å². The van der Waals surface area contributed by atoms with Crippen LogP contribution in [-0.2, 0) is 19.1 Å². The summed E-state index contributed by atoms with van der Waals surface area (Å²) in [7, 11) is 0. The van der Waals surface area contributed by atoms with Gasteiger partial charge in [-0.2, -0.15) is 0 Å². The van der Waals surface area contributed by atoms with E-state index in [-0.39, 0.29) is 12.8 Å². The Labute approximate surface area is 105 Å². The first-order chi connectivity index (χ1) is 8.39. The molecule has 0 aromatic heterocycles. The molecule has 1 unspecified atom stereocenters. The van der Waals surface area contributed by atoms with Gasteiger partial charge in [-0.25, -0.2) is 0 Å². The molecule has 0 bridgehead atoms. The lowest BCUT2D eigenvalue weighted by Gasteiger charge is -2.29. The van der Waals surface area contributed by atoms with E-state index in [9.17, 15) is 19.8 Å². The fourth-order valence-corrected chi connectivity index (χ4v) is 1.11. The average Bonchev–Trinajstić information content (AvgIpc) is 2.27. The fraction of sp³-hybridized carbons (Fsp3) is 0.818. The van der Waals surface area contributed by atoms with Gasteiger partial charge in [0, 0.05) is 12.8 Å². The summed E-state index contributed by atoms with van der Waals surface area (Å²) in [6, 6.07) is 0. The maximum absolute atomic E-state index is 11.3. The van der Waals surface area contributed by atoms with E-state index in [0.29, 0.717) is 12.8 Å². The summed E-state index contributed by atoms with van der Waals surface area (Å²) >= 11 is 0. The van der Waals surface area contributed by atoms with Gasteiger partial charge in [-0.15, -0.1) is 0 Å². The summed E-state index contributed by atoms with van der Waals surface area (Å²) < 4.78 is 9.02. The second-order valence-corrected chi connectivity index (χ2v) is 3.78. The number of carbonyl (C=O) groups is 2. The zero-order valence-electron chi connectivity index (χ0n) is 10.6. The van der Waals surface area contributed by atoms with Gasteiger partial charge in [0.1, 0.15) is 0 Å². The summed E-state index contributed by atoms with van der Waals surface area (Å²) in [5, 5.41) is 27.9. The lowest BCUT2D eigenvalue weighted by molar-refractivity contribution is -0.364. The van der Waals surface area contributed by atoms with Crippen molar-refractivity contribution in [3.63, 3.8) is 0 Å². The Morgan fingerprint density at radius 2 is 1.50 bits per heavy atom. The zero-order valence-corrected chi connectivity index (χ0v) is 10.6. The number of aliphatic hydroxyl groups is 3. The van der Waals surface area contributed by atoms with Crippen LogP contribution in [0.4, 0.5) is 0 Å². The van der Waals surface area contributed by atoms with Crippen LogP contribution in [0, 0.1) is 0 Å². The van der Waals surface area contributed by atoms with Gasteiger partial charge in [-0.1, -0.05) is 13.8 Å². The highest BCUT2D eigenvalue weighted by Crippen LogP contribution is 2.18. The van der Waals surface area contributed by atoms with Crippen molar-refractivity contribution in [2.45, 2.75) is 51.6 Å². The van der Waals surface area contributed by atoms with Crippen molar-refractivity contribution in [2.24, 2.45) is 0 Å². The third kappa shape index (κ3) is 5.44. The Morgan fingerprint density at radius 3 is 1.78 bits per heavy atom. The first-order valence-electron chi connectivity index (χ1n) is 5.84. The maximum Gasteiger partial charge on any atom is 0.403 e. The minimum atomic E-state index is -2.84. The first-order valence-corrected chi connectivity index (χ1v) is 5.84. The predicted octanol–water partition coefficient (Wildman–Crippen LogP) is -0.328. The molecule has 106 valence electrons. The Kier molecular flexibility index (Phi) is 7.49. The van der Waals surface area contributed by atoms with Gasteiger partial charge >= 0.3 is 17.9 Å². The van der Waals surface area contributed by atoms with Gasteiger partial charge in [-0.05, 0) is 12.8 Å². The monoisotopic (exact) mass is 264 g/mol. The van der Waals surface area contributed by atoms with E-state index >= 15 is 0 Å². The van der Waals surface area contributed by atoms with Crippen LogP contribution in [0.25, 0.3) is 0 Å². The third-order valence-electron chi connectivity index (χ3n) is 2.02. The van der Waals surface area contributed by atoms with Crippen LogP contribution in [0.15, 0.2) is 0 Å². The molecule has 7 heteroatoms. The molecule has 18 heavy (non-hydrogen) atoms. The smallest absolute Gasteiger partial charge is 0.396 e. The molecule has 0 aliphatic rings. The SMILES string of the molecule is CCCC(=O)OC(O)(OC(=O)CCC)C(O)CO. The van der Waals surface area contributed by atoms with Crippen LogP contribution in [-0.4, -0.2) is 45.9 Å². The quantitative estimate of drug-likeness (QED) is 0.406. The van der Waals surface area contributed by atoms with Crippen molar-refractivity contribution in [2.75, 3.05) is 6.61 Å². The fourth-order valence-electron chi connectivity index (χ4n) is 1.11. The molecule has 0 spiro atoms. The highest BCUT2D eigenvalue weighted by molar-refractivity contribution is 5.71. The molecule has 0 heterocycles. The van der Waals surface area contributed by atoms with Crippen LogP contribution in [0.3, 0.4) is 0 Å². The van der Waals surface area contributed by atoms with Gasteiger partial charge in [0.05, 0.1) is 6.61 Å². The molecule has 0 aromatic rings. The number of hydrogen-bond donors (Lipinski definition) is 3. The largest absolute Gasteiger partial charge is 0.403 e. The van der Waals surface area contributed by atoms with Crippen molar-refractivity contribution in [1.29, 1.82) is 0 Å². The molecular formula is C11H20O7. The minimum Gasteiger partial charge on any atom is -0.396 e. The number of carbonyl (C=O) groups excluding carboxylic acids is 2. The van der Waals surface area contributed by atoms with E-state index in [1.807, 2.05) is 0 Å². The number of rotatable bonds is 8. The number of hydrogen-bond acceptors (Lipinski definition) is 7. The van der Waals surface area contributed by atoms with Crippen molar-refractivity contribution in [3.05, 3.63) is 0 Å². The summed E-state index contributed by atoms with van der Waals surface area (Å²) in [5.74, 6) is -4.51. The Balaban J connectivity index is 4.72. The highest BCUT2D eigenvalue weighted by Gasteiger charge is 2.44. The standard InChI is InChI=1S/C11H20O7/c1-3-5-9(14)17-11(16,8(13)7-12)18-10(15)6-4-2/h8,12-13,16H,3-7H2,1-2H3. The van der Waals surface area contributed by atoms with Gasteiger partial charge < -0.3 is 24.8 Å². The van der Waals surface area contributed by atoms with Crippen molar-refractivity contribution >= 4 is 11.9 Å². The molecule has 7 nitrogen and oxygen atoms in total. The highest BCUT2D eigenvalue weighted by atomic mass is 16.8.